The van der Waals surface area contributed by atoms with Crippen molar-refractivity contribution in [2.75, 3.05) is 19.8 Å². The van der Waals surface area contributed by atoms with Gasteiger partial charge >= 0.3 is 0 Å². The van der Waals surface area contributed by atoms with Crippen LogP contribution in [0.5, 0.6) is 0 Å². The zero-order valence-electron chi connectivity index (χ0n) is 12.4. The van der Waals surface area contributed by atoms with Crippen LogP contribution >= 0.6 is 0 Å². The molecule has 2 saturated heterocycles. The Bertz CT molecular complexity index is 333. The Balaban J connectivity index is 1.80. The second-order valence-electron chi connectivity index (χ2n) is 7.54. The van der Waals surface area contributed by atoms with Crippen LogP contribution in [0, 0.1) is 11.3 Å². The van der Waals surface area contributed by atoms with Crippen LogP contribution in [0.25, 0.3) is 0 Å². The Kier molecular flexibility index (Phi) is 3.43. The average molecular weight is 268 g/mol. The molecule has 0 bridgehead atoms. The molecule has 3 unspecified atom stereocenters. The van der Waals surface area contributed by atoms with Crippen LogP contribution in [0.4, 0.5) is 0 Å². The molecule has 110 valence electrons. The summed E-state index contributed by atoms with van der Waals surface area (Å²) in [5, 5.41) is 11.4. The smallest absolute Gasteiger partial charge is 0.0940 e. The van der Waals surface area contributed by atoms with E-state index < -0.39 is 5.60 Å². The van der Waals surface area contributed by atoms with E-state index in [1.54, 1.807) is 0 Å². The van der Waals surface area contributed by atoms with Gasteiger partial charge in [0.25, 0.3) is 0 Å². The van der Waals surface area contributed by atoms with Crippen LogP contribution in [-0.4, -0.2) is 36.1 Å². The second-order valence-corrected chi connectivity index (χ2v) is 7.54. The molecule has 1 spiro atoms. The highest BCUT2D eigenvalue weighted by molar-refractivity contribution is 5.04. The van der Waals surface area contributed by atoms with Crippen molar-refractivity contribution in [3.8, 4) is 0 Å². The second kappa shape index (κ2) is 4.71. The fourth-order valence-electron chi connectivity index (χ4n) is 4.57. The van der Waals surface area contributed by atoms with Crippen LogP contribution in [0.15, 0.2) is 0 Å². The van der Waals surface area contributed by atoms with Crippen molar-refractivity contribution in [3.05, 3.63) is 0 Å². The third kappa shape index (κ3) is 2.24. The van der Waals surface area contributed by atoms with Crippen LogP contribution in [0.3, 0.4) is 0 Å². The molecule has 1 aliphatic carbocycles. The van der Waals surface area contributed by atoms with Crippen molar-refractivity contribution in [2.24, 2.45) is 11.3 Å². The third-order valence-electron chi connectivity index (χ3n) is 6.02. The van der Waals surface area contributed by atoms with Gasteiger partial charge in [-0.3, -0.25) is 0 Å². The van der Waals surface area contributed by atoms with E-state index in [9.17, 15) is 5.11 Å². The van der Waals surface area contributed by atoms with Crippen molar-refractivity contribution < 1.29 is 14.6 Å². The number of aliphatic hydroxyl groups is 1. The summed E-state index contributed by atoms with van der Waals surface area (Å²) in [5.74, 6) is 0.373. The first kappa shape index (κ1) is 13.8. The first-order valence-corrected chi connectivity index (χ1v) is 7.92. The first-order valence-electron chi connectivity index (χ1n) is 7.92. The van der Waals surface area contributed by atoms with Crippen LogP contribution < -0.4 is 0 Å². The minimum Gasteiger partial charge on any atom is -0.389 e. The highest BCUT2D eigenvalue weighted by Gasteiger charge is 2.54. The summed E-state index contributed by atoms with van der Waals surface area (Å²) in [6.07, 6.45) is 7.51. The van der Waals surface area contributed by atoms with Gasteiger partial charge in [-0.25, -0.2) is 0 Å². The molecule has 1 N–H and O–H groups in total. The molecule has 3 aliphatic rings. The average Bonchev–Trinajstić information content (AvgIpc) is 2.81. The van der Waals surface area contributed by atoms with E-state index in [1.165, 1.54) is 12.8 Å². The van der Waals surface area contributed by atoms with E-state index in [-0.39, 0.29) is 11.0 Å². The van der Waals surface area contributed by atoms with E-state index in [0.717, 1.165) is 51.9 Å². The van der Waals surface area contributed by atoms with E-state index in [4.69, 9.17) is 9.47 Å². The predicted octanol–water partition coefficient (Wildman–Crippen LogP) is 2.90. The van der Waals surface area contributed by atoms with E-state index in [0.29, 0.717) is 5.92 Å². The lowest BCUT2D eigenvalue weighted by Crippen LogP contribution is -2.57. The number of ether oxygens (including phenoxy) is 2. The van der Waals surface area contributed by atoms with Gasteiger partial charge in [0.2, 0.25) is 0 Å². The Morgan fingerprint density at radius 2 is 1.84 bits per heavy atom. The Hall–Kier alpha value is -0.120. The van der Waals surface area contributed by atoms with Gasteiger partial charge in [0.1, 0.15) is 0 Å². The van der Waals surface area contributed by atoms with Crippen molar-refractivity contribution in [3.63, 3.8) is 0 Å². The van der Waals surface area contributed by atoms with E-state index in [2.05, 4.69) is 13.8 Å². The fourth-order valence-corrected chi connectivity index (χ4v) is 4.57. The lowest BCUT2D eigenvalue weighted by atomic mass is 9.57. The van der Waals surface area contributed by atoms with Crippen molar-refractivity contribution in [1.29, 1.82) is 0 Å². The zero-order chi connectivity index (χ0) is 13.6. The van der Waals surface area contributed by atoms with Crippen LogP contribution in [0.2, 0.25) is 0 Å². The van der Waals surface area contributed by atoms with E-state index >= 15 is 0 Å². The standard InChI is InChI=1S/C16H28O3/c1-14(2)6-3-4-7-16(14,17)13-5-9-19-15(11-13)8-10-18-12-15/h13,17H,3-12H2,1-2H3. The zero-order valence-corrected chi connectivity index (χ0v) is 12.4. The fraction of sp³-hybridized carbons (Fsp3) is 1.00. The summed E-state index contributed by atoms with van der Waals surface area (Å²) in [6.45, 7) is 6.82. The summed E-state index contributed by atoms with van der Waals surface area (Å²) >= 11 is 0. The first-order chi connectivity index (χ1) is 8.98. The maximum absolute atomic E-state index is 11.4. The molecule has 3 fully saturated rings. The van der Waals surface area contributed by atoms with Crippen molar-refractivity contribution in [2.45, 2.75) is 70.0 Å². The molecule has 3 rings (SSSR count). The van der Waals surface area contributed by atoms with Gasteiger partial charge in [0.05, 0.1) is 17.8 Å². The molecule has 0 aromatic heterocycles. The van der Waals surface area contributed by atoms with Gasteiger partial charge < -0.3 is 14.6 Å². The van der Waals surface area contributed by atoms with Gasteiger partial charge in [0, 0.05) is 19.6 Å². The molecule has 0 amide bonds. The van der Waals surface area contributed by atoms with Gasteiger partial charge in [-0.2, -0.15) is 0 Å². The Morgan fingerprint density at radius 1 is 1.05 bits per heavy atom. The summed E-state index contributed by atoms with van der Waals surface area (Å²) in [6, 6.07) is 0. The minimum absolute atomic E-state index is 0.0356. The number of hydrogen-bond donors (Lipinski definition) is 1. The maximum Gasteiger partial charge on any atom is 0.0940 e. The van der Waals surface area contributed by atoms with Crippen molar-refractivity contribution >= 4 is 0 Å². The van der Waals surface area contributed by atoms with Gasteiger partial charge in [-0.15, -0.1) is 0 Å². The Labute approximate surface area is 116 Å². The Morgan fingerprint density at radius 3 is 2.53 bits per heavy atom. The lowest BCUT2D eigenvalue weighted by molar-refractivity contribution is -0.190. The predicted molar refractivity (Wildman–Crippen MR) is 74.0 cm³/mol. The molecule has 0 aromatic carbocycles. The third-order valence-corrected chi connectivity index (χ3v) is 6.02. The number of rotatable bonds is 1. The molecular weight excluding hydrogens is 240 g/mol. The van der Waals surface area contributed by atoms with Gasteiger partial charge in [-0.05, 0) is 37.0 Å². The SMILES string of the molecule is CC1(C)CCCCC1(O)C1CCOC2(CCOC2)C1. The quantitative estimate of drug-likeness (QED) is 0.794. The molecule has 3 heteroatoms. The molecule has 1 saturated carbocycles. The lowest BCUT2D eigenvalue weighted by Gasteiger charge is -2.54. The molecule has 0 radical (unpaired) electrons. The topological polar surface area (TPSA) is 38.7 Å². The normalized spacial score (nSPS) is 46.6. The number of hydrogen-bond acceptors (Lipinski definition) is 3. The van der Waals surface area contributed by atoms with Gasteiger partial charge in [-0.1, -0.05) is 26.7 Å². The summed E-state index contributed by atoms with van der Waals surface area (Å²) in [4.78, 5) is 0. The molecule has 3 atom stereocenters. The van der Waals surface area contributed by atoms with Crippen LogP contribution in [-0.2, 0) is 9.47 Å². The summed E-state index contributed by atoms with van der Waals surface area (Å²) in [5.41, 5.74) is -0.565. The van der Waals surface area contributed by atoms with Crippen molar-refractivity contribution in [1.82, 2.24) is 0 Å². The highest BCUT2D eigenvalue weighted by Crippen LogP contribution is 2.52. The summed E-state index contributed by atoms with van der Waals surface area (Å²) < 4.78 is 11.6. The molecule has 0 aromatic rings. The molecular formula is C16H28O3. The van der Waals surface area contributed by atoms with Crippen LogP contribution in [0.1, 0.15) is 58.8 Å². The molecule has 19 heavy (non-hydrogen) atoms. The molecule has 2 aliphatic heterocycles. The highest BCUT2D eigenvalue weighted by atomic mass is 16.6. The minimum atomic E-state index is -0.509. The largest absolute Gasteiger partial charge is 0.389 e. The van der Waals surface area contributed by atoms with Gasteiger partial charge in [0.15, 0.2) is 0 Å². The maximum atomic E-state index is 11.4. The monoisotopic (exact) mass is 268 g/mol. The van der Waals surface area contributed by atoms with E-state index in [1.807, 2.05) is 0 Å². The molecule has 2 heterocycles. The molecule has 3 nitrogen and oxygen atoms in total. The summed E-state index contributed by atoms with van der Waals surface area (Å²) in [7, 11) is 0.